The van der Waals surface area contributed by atoms with Gasteiger partial charge in [0.15, 0.2) is 9.84 Å². The Morgan fingerprint density at radius 1 is 1.26 bits per heavy atom. The lowest BCUT2D eigenvalue weighted by Crippen LogP contribution is -2.22. The van der Waals surface area contributed by atoms with E-state index in [1.807, 2.05) is 0 Å². The van der Waals surface area contributed by atoms with Crippen molar-refractivity contribution in [3.63, 3.8) is 0 Å². The molecule has 0 saturated heterocycles. The van der Waals surface area contributed by atoms with Gasteiger partial charge in [-0.15, -0.1) is 0 Å². The highest BCUT2D eigenvalue weighted by Gasteiger charge is 2.41. The molecule has 0 heterocycles. The molecule has 104 valence electrons. The number of nitrogens with two attached hydrogens (primary N) is 1. The van der Waals surface area contributed by atoms with E-state index in [-0.39, 0.29) is 5.75 Å². The highest BCUT2D eigenvalue weighted by Crippen LogP contribution is 2.49. The molecular formula is C14H18BrNO2S. The third-order valence-electron chi connectivity index (χ3n) is 4.62. The van der Waals surface area contributed by atoms with Crippen molar-refractivity contribution in [3.8, 4) is 0 Å². The number of anilines is 1. The van der Waals surface area contributed by atoms with Crippen LogP contribution in [0.3, 0.4) is 0 Å². The zero-order valence-electron chi connectivity index (χ0n) is 10.7. The number of halogens is 1. The molecule has 0 spiro atoms. The smallest absolute Gasteiger partial charge is 0.180 e. The highest BCUT2D eigenvalue weighted by atomic mass is 79.9. The van der Waals surface area contributed by atoms with Crippen LogP contribution in [-0.4, -0.2) is 14.2 Å². The van der Waals surface area contributed by atoms with Crippen LogP contribution in [0, 0.1) is 17.8 Å². The van der Waals surface area contributed by atoms with Crippen LogP contribution >= 0.6 is 15.9 Å². The van der Waals surface area contributed by atoms with Gasteiger partial charge in [-0.1, -0.05) is 22.4 Å². The topological polar surface area (TPSA) is 60.2 Å². The van der Waals surface area contributed by atoms with E-state index in [1.54, 1.807) is 18.2 Å². The lowest BCUT2D eigenvalue weighted by Gasteiger charge is -2.21. The maximum absolute atomic E-state index is 12.5. The lowest BCUT2D eigenvalue weighted by atomic mass is 9.90. The molecule has 2 N–H and O–H groups in total. The van der Waals surface area contributed by atoms with Gasteiger partial charge in [0.1, 0.15) is 0 Å². The van der Waals surface area contributed by atoms with E-state index in [0.717, 1.165) is 16.8 Å². The van der Waals surface area contributed by atoms with E-state index in [0.29, 0.717) is 22.4 Å². The molecule has 5 heteroatoms. The molecule has 0 radical (unpaired) electrons. The Hall–Kier alpha value is -0.550. The first-order valence-electron chi connectivity index (χ1n) is 6.73. The van der Waals surface area contributed by atoms with Crippen LogP contribution in [0.2, 0.25) is 0 Å². The fourth-order valence-corrected chi connectivity index (χ4v) is 5.98. The predicted molar refractivity (Wildman–Crippen MR) is 79.5 cm³/mol. The molecule has 3 atom stereocenters. The monoisotopic (exact) mass is 343 g/mol. The minimum Gasteiger partial charge on any atom is -0.398 e. The third kappa shape index (κ3) is 2.55. The molecule has 0 aliphatic heterocycles. The molecule has 0 amide bonds. The summed E-state index contributed by atoms with van der Waals surface area (Å²) in [6, 6.07) is 5.01. The molecule has 2 saturated carbocycles. The van der Waals surface area contributed by atoms with Crippen molar-refractivity contribution in [1.82, 2.24) is 0 Å². The molecule has 2 aliphatic rings. The van der Waals surface area contributed by atoms with Crippen LogP contribution in [0.5, 0.6) is 0 Å². The van der Waals surface area contributed by atoms with Crippen molar-refractivity contribution in [3.05, 3.63) is 22.7 Å². The van der Waals surface area contributed by atoms with Gasteiger partial charge in [-0.2, -0.15) is 0 Å². The van der Waals surface area contributed by atoms with Crippen molar-refractivity contribution < 1.29 is 8.42 Å². The van der Waals surface area contributed by atoms with Gasteiger partial charge in [-0.05, 0) is 55.2 Å². The minimum absolute atomic E-state index is 0.264. The van der Waals surface area contributed by atoms with E-state index in [2.05, 4.69) is 15.9 Å². The number of nitrogen functional groups attached to an aromatic ring is 1. The number of rotatable bonds is 3. The first kappa shape index (κ1) is 13.4. The molecule has 3 nitrogen and oxygen atoms in total. The number of benzene rings is 1. The maximum Gasteiger partial charge on any atom is 0.180 e. The molecule has 0 aromatic heterocycles. The highest BCUT2D eigenvalue weighted by molar-refractivity contribution is 9.10. The summed E-state index contributed by atoms with van der Waals surface area (Å²) in [6.07, 6.45) is 4.82. The number of fused-ring (bicyclic) bond motifs is 2. The Bertz CT molecular complexity index is 599. The number of sulfone groups is 1. The van der Waals surface area contributed by atoms with Gasteiger partial charge in [-0.25, -0.2) is 8.42 Å². The van der Waals surface area contributed by atoms with E-state index in [9.17, 15) is 8.42 Å². The van der Waals surface area contributed by atoms with E-state index < -0.39 is 9.84 Å². The van der Waals surface area contributed by atoms with E-state index >= 15 is 0 Å². The fourth-order valence-electron chi connectivity index (χ4n) is 3.75. The van der Waals surface area contributed by atoms with Crippen molar-refractivity contribution in [2.75, 3.05) is 11.5 Å². The van der Waals surface area contributed by atoms with Crippen molar-refractivity contribution >= 4 is 31.5 Å². The van der Waals surface area contributed by atoms with Gasteiger partial charge in [0.05, 0.1) is 16.3 Å². The van der Waals surface area contributed by atoms with Gasteiger partial charge >= 0.3 is 0 Å². The zero-order chi connectivity index (χ0) is 13.6. The van der Waals surface area contributed by atoms with Gasteiger partial charge in [0, 0.05) is 4.47 Å². The molecule has 3 rings (SSSR count). The Balaban J connectivity index is 1.83. The Labute approximate surface area is 122 Å². The molecule has 2 bridgehead atoms. The molecule has 1 aromatic carbocycles. The summed E-state index contributed by atoms with van der Waals surface area (Å²) in [4.78, 5) is 0.290. The van der Waals surface area contributed by atoms with Gasteiger partial charge < -0.3 is 5.73 Å². The van der Waals surface area contributed by atoms with Crippen LogP contribution in [-0.2, 0) is 9.84 Å². The summed E-state index contributed by atoms with van der Waals surface area (Å²) in [5.74, 6) is 2.00. The van der Waals surface area contributed by atoms with Crippen LogP contribution in [0.1, 0.15) is 25.7 Å². The van der Waals surface area contributed by atoms with Crippen LogP contribution in [0.15, 0.2) is 27.6 Å². The van der Waals surface area contributed by atoms with Crippen molar-refractivity contribution in [2.45, 2.75) is 30.6 Å². The average molecular weight is 344 g/mol. The lowest BCUT2D eigenvalue weighted by molar-refractivity contribution is 0.360. The Kier molecular flexibility index (Phi) is 3.38. The summed E-state index contributed by atoms with van der Waals surface area (Å²) in [5.41, 5.74) is 6.19. The normalized spacial score (nSPS) is 29.8. The second-order valence-electron chi connectivity index (χ2n) is 5.90. The summed E-state index contributed by atoms with van der Waals surface area (Å²) in [7, 11) is -3.26. The van der Waals surface area contributed by atoms with Crippen LogP contribution < -0.4 is 5.73 Å². The molecule has 19 heavy (non-hydrogen) atoms. The zero-order valence-corrected chi connectivity index (χ0v) is 13.1. The van der Waals surface area contributed by atoms with Gasteiger partial charge in [0.2, 0.25) is 0 Å². The quantitative estimate of drug-likeness (QED) is 0.857. The first-order valence-corrected chi connectivity index (χ1v) is 9.18. The molecule has 3 unspecified atom stereocenters. The Morgan fingerprint density at radius 3 is 2.63 bits per heavy atom. The number of hydrogen-bond acceptors (Lipinski definition) is 3. The molecule has 2 fully saturated rings. The summed E-state index contributed by atoms with van der Waals surface area (Å²) < 4.78 is 25.8. The second-order valence-corrected chi connectivity index (χ2v) is 8.82. The summed E-state index contributed by atoms with van der Waals surface area (Å²) in [6.45, 7) is 0. The average Bonchev–Trinajstić information content (AvgIpc) is 2.89. The van der Waals surface area contributed by atoms with E-state index in [1.165, 1.54) is 19.3 Å². The van der Waals surface area contributed by atoms with E-state index in [4.69, 9.17) is 5.73 Å². The SMILES string of the molecule is Nc1cc(Br)ccc1S(=O)(=O)CC1CC2CCC1C2. The van der Waals surface area contributed by atoms with Crippen molar-refractivity contribution in [2.24, 2.45) is 17.8 Å². The van der Waals surface area contributed by atoms with Gasteiger partial charge in [-0.3, -0.25) is 0 Å². The fraction of sp³-hybridized carbons (Fsp3) is 0.571. The van der Waals surface area contributed by atoms with Gasteiger partial charge in [0.25, 0.3) is 0 Å². The molecule has 2 aliphatic carbocycles. The van der Waals surface area contributed by atoms with Crippen LogP contribution in [0.25, 0.3) is 0 Å². The minimum atomic E-state index is -3.26. The van der Waals surface area contributed by atoms with Crippen molar-refractivity contribution in [1.29, 1.82) is 0 Å². The number of hydrogen-bond donors (Lipinski definition) is 1. The first-order chi connectivity index (χ1) is 8.95. The third-order valence-corrected chi connectivity index (χ3v) is 7.03. The molecular weight excluding hydrogens is 326 g/mol. The predicted octanol–water partition coefficient (Wildman–Crippen LogP) is 3.24. The standard InChI is InChI=1S/C14H18BrNO2S/c15-12-3-4-14(13(16)7-12)19(17,18)8-11-6-9-1-2-10(11)5-9/h3-4,7,9-11H,1-2,5-6,8,16H2. The largest absolute Gasteiger partial charge is 0.398 e. The maximum atomic E-state index is 12.5. The summed E-state index contributed by atoms with van der Waals surface area (Å²) in [5, 5.41) is 0. The second kappa shape index (κ2) is 4.77. The molecule has 1 aromatic rings. The summed E-state index contributed by atoms with van der Waals surface area (Å²) >= 11 is 3.30. The van der Waals surface area contributed by atoms with Crippen LogP contribution in [0.4, 0.5) is 5.69 Å². The Morgan fingerprint density at radius 2 is 2.05 bits per heavy atom.